The number of aliphatic imine (C=N–C) groups is 1. The van der Waals surface area contributed by atoms with Crippen molar-refractivity contribution in [3.8, 4) is 5.75 Å². The Bertz CT molecular complexity index is 971. The van der Waals surface area contributed by atoms with Crippen molar-refractivity contribution in [1.29, 1.82) is 0 Å². The molecular weight excluding hydrogens is 541 g/mol. The minimum absolute atomic E-state index is 0. The van der Waals surface area contributed by atoms with Gasteiger partial charge in [0.15, 0.2) is 5.96 Å². The van der Waals surface area contributed by atoms with Gasteiger partial charge in [-0.15, -0.1) is 24.0 Å². The van der Waals surface area contributed by atoms with Crippen molar-refractivity contribution in [1.82, 2.24) is 15.4 Å². The van der Waals surface area contributed by atoms with Crippen molar-refractivity contribution in [3.05, 3.63) is 59.2 Å². The summed E-state index contributed by atoms with van der Waals surface area (Å²) >= 11 is 0. The van der Waals surface area contributed by atoms with E-state index < -0.39 is 16.6 Å². The Hall–Kier alpha value is -1.99. The molecule has 2 aromatic carbocycles. The standard InChI is InChI=1S/C20H26F2N4O3S.HI/c1-14-4-7-17(8-5-14)30(27,28)26-11-10-24-20(23-3)25-13-16-12-15(2)6-9-18(16)29-19(21)22;/h4-9,12,19,26H,10-11,13H2,1-3H3,(H2,23,24,25);1H. The first-order valence-corrected chi connectivity index (χ1v) is 10.7. The summed E-state index contributed by atoms with van der Waals surface area (Å²) in [6, 6.07) is 11.5. The molecule has 0 amide bonds. The largest absolute Gasteiger partial charge is 0.434 e. The Labute approximate surface area is 198 Å². The fourth-order valence-corrected chi connectivity index (χ4v) is 3.66. The summed E-state index contributed by atoms with van der Waals surface area (Å²) in [7, 11) is -2.04. The van der Waals surface area contributed by atoms with E-state index in [0.717, 1.165) is 11.1 Å². The molecule has 172 valence electrons. The number of guanidine groups is 1. The van der Waals surface area contributed by atoms with E-state index >= 15 is 0 Å². The number of hydrogen-bond donors (Lipinski definition) is 3. The molecule has 0 aliphatic carbocycles. The average molecular weight is 568 g/mol. The first-order valence-electron chi connectivity index (χ1n) is 9.26. The molecule has 7 nitrogen and oxygen atoms in total. The first-order chi connectivity index (χ1) is 14.2. The van der Waals surface area contributed by atoms with Crippen LogP contribution in [0.25, 0.3) is 0 Å². The summed E-state index contributed by atoms with van der Waals surface area (Å²) in [5.74, 6) is 0.485. The summed E-state index contributed by atoms with van der Waals surface area (Å²) in [4.78, 5) is 4.24. The normalized spacial score (nSPS) is 11.7. The molecule has 2 rings (SSSR count). The maximum Gasteiger partial charge on any atom is 0.387 e. The zero-order valence-electron chi connectivity index (χ0n) is 17.5. The molecule has 0 aliphatic heterocycles. The number of hydrogen-bond acceptors (Lipinski definition) is 4. The summed E-state index contributed by atoms with van der Waals surface area (Å²) in [5.41, 5.74) is 2.43. The Kier molecular flexibility index (Phi) is 11.1. The van der Waals surface area contributed by atoms with Crippen molar-refractivity contribution in [3.63, 3.8) is 0 Å². The second-order valence-electron chi connectivity index (χ2n) is 6.55. The molecule has 2 aromatic rings. The predicted molar refractivity (Wildman–Crippen MR) is 128 cm³/mol. The molecule has 0 saturated heterocycles. The quantitative estimate of drug-likeness (QED) is 0.187. The van der Waals surface area contributed by atoms with Gasteiger partial charge in [-0.25, -0.2) is 13.1 Å². The molecule has 0 atom stereocenters. The third kappa shape index (κ3) is 8.95. The second kappa shape index (κ2) is 12.8. The van der Waals surface area contributed by atoms with E-state index in [-0.39, 0.29) is 54.3 Å². The lowest BCUT2D eigenvalue weighted by Crippen LogP contribution is -2.41. The van der Waals surface area contributed by atoms with Crippen molar-refractivity contribution >= 4 is 40.0 Å². The van der Waals surface area contributed by atoms with Gasteiger partial charge in [-0.2, -0.15) is 8.78 Å². The lowest BCUT2D eigenvalue weighted by molar-refractivity contribution is -0.0504. The number of benzene rings is 2. The van der Waals surface area contributed by atoms with Crippen LogP contribution in [0.3, 0.4) is 0 Å². The van der Waals surface area contributed by atoms with Crippen molar-refractivity contribution in [2.24, 2.45) is 4.99 Å². The SMILES string of the molecule is CN=C(NCCNS(=O)(=O)c1ccc(C)cc1)NCc1cc(C)ccc1OC(F)F.I. The molecule has 31 heavy (non-hydrogen) atoms. The molecule has 0 aliphatic rings. The zero-order chi connectivity index (χ0) is 22.1. The number of sulfonamides is 1. The van der Waals surface area contributed by atoms with Gasteiger partial charge in [0, 0.05) is 32.2 Å². The molecule has 0 spiro atoms. The summed E-state index contributed by atoms with van der Waals surface area (Å²) in [6.45, 7) is 1.44. The summed E-state index contributed by atoms with van der Waals surface area (Å²) < 4.78 is 56.7. The van der Waals surface area contributed by atoms with Gasteiger partial charge in [-0.1, -0.05) is 35.4 Å². The number of alkyl halides is 2. The maximum absolute atomic E-state index is 12.6. The number of nitrogens with one attached hydrogen (secondary N) is 3. The van der Waals surface area contributed by atoms with E-state index in [1.807, 2.05) is 13.8 Å². The van der Waals surface area contributed by atoms with Crippen molar-refractivity contribution in [2.45, 2.75) is 31.9 Å². The Morgan fingerprint density at radius 3 is 2.29 bits per heavy atom. The third-order valence-electron chi connectivity index (χ3n) is 4.14. The van der Waals surface area contributed by atoms with E-state index in [0.29, 0.717) is 11.5 Å². The number of ether oxygens (including phenoxy) is 1. The Morgan fingerprint density at radius 2 is 1.68 bits per heavy atom. The van der Waals surface area contributed by atoms with Gasteiger partial charge in [0.2, 0.25) is 10.0 Å². The fraction of sp³-hybridized carbons (Fsp3) is 0.350. The lowest BCUT2D eigenvalue weighted by atomic mass is 10.1. The van der Waals surface area contributed by atoms with Gasteiger partial charge in [-0.3, -0.25) is 4.99 Å². The van der Waals surface area contributed by atoms with Crippen LogP contribution < -0.4 is 20.1 Å². The van der Waals surface area contributed by atoms with E-state index in [1.54, 1.807) is 43.4 Å². The number of halogens is 3. The van der Waals surface area contributed by atoms with Crippen LogP contribution in [0.5, 0.6) is 5.75 Å². The Morgan fingerprint density at radius 1 is 1.03 bits per heavy atom. The van der Waals surface area contributed by atoms with Gasteiger partial charge in [0.1, 0.15) is 5.75 Å². The van der Waals surface area contributed by atoms with Crippen LogP contribution in [0.1, 0.15) is 16.7 Å². The fourth-order valence-electron chi connectivity index (χ4n) is 2.62. The van der Waals surface area contributed by atoms with Gasteiger partial charge in [0.25, 0.3) is 0 Å². The van der Waals surface area contributed by atoms with E-state index in [4.69, 9.17) is 0 Å². The second-order valence-corrected chi connectivity index (χ2v) is 8.32. The Balaban J connectivity index is 0.00000480. The molecular formula is C20H27F2IN4O3S. The monoisotopic (exact) mass is 568 g/mol. The highest BCUT2D eigenvalue weighted by Crippen LogP contribution is 2.21. The maximum atomic E-state index is 12.6. The molecule has 0 radical (unpaired) electrons. The smallest absolute Gasteiger partial charge is 0.387 e. The number of aryl methyl sites for hydroxylation is 2. The molecule has 11 heteroatoms. The van der Waals surface area contributed by atoms with Gasteiger partial charge < -0.3 is 15.4 Å². The highest BCUT2D eigenvalue weighted by Gasteiger charge is 2.13. The summed E-state index contributed by atoms with van der Waals surface area (Å²) in [5, 5.41) is 5.97. The first kappa shape index (κ1) is 27.0. The zero-order valence-corrected chi connectivity index (χ0v) is 20.6. The topological polar surface area (TPSA) is 91.8 Å². The molecule has 0 bridgehead atoms. The molecule has 3 N–H and O–H groups in total. The van der Waals surface area contributed by atoms with Crippen LogP contribution >= 0.6 is 24.0 Å². The lowest BCUT2D eigenvalue weighted by Gasteiger charge is -2.15. The van der Waals surface area contributed by atoms with Gasteiger partial charge in [-0.05, 0) is 32.0 Å². The van der Waals surface area contributed by atoms with Crippen molar-refractivity contribution < 1.29 is 21.9 Å². The number of rotatable bonds is 9. The van der Waals surface area contributed by atoms with Crippen LogP contribution in [0, 0.1) is 13.8 Å². The minimum Gasteiger partial charge on any atom is -0.434 e. The minimum atomic E-state index is -3.60. The molecule has 0 heterocycles. The predicted octanol–water partition coefficient (Wildman–Crippen LogP) is 3.17. The molecule has 0 saturated carbocycles. The highest BCUT2D eigenvalue weighted by atomic mass is 127. The van der Waals surface area contributed by atoms with Crippen LogP contribution in [0.2, 0.25) is 0 Å². The number of nitrogens with zero attached hydrogens (tertiary/aromatic N) is 1. The van der Waals surface area contributed by atoms with Gasteiger partial charge in [0.05, 0.1) is 4.90 Å². The molecule has 0 aromatic heterocycles. The summed E-state index contributed by atoms with van der Waals surface area (Å²) in [6.07, 6.45) is 0. The van der Waals surface area contributed by atoms with Crippen LogP contribution in [0.15, 0.2) is 52.4 Å². The van der Waals surface area contributed by atoms with E-state index in [9.17, 15) is 17.2 Å². The molecule has 0 unspecified atom stereocenters. The highest BCUT2D eigenvalue weighted by molar-refractivity contribution is 14.0. The van der Waals surface area contributed by atoms with E-state index in [2.05, 4.69) is 25.1 Å². The van der Waals surface area contributed by atoms with Crippen LogP contribution in [-0.2, 0) is 16.6 Å². The van der Waals surface area contributed by atoms with E-state index in [1.165, 1.54) is 6.07 Å². The van der Waals surface area contributed by atoms with Crippen LogP contribution in [-0.4, -0.2) is 41.1 Å². The van der Waals surface area contributed by atoms with Crippen molar-refractivity contribution in [2.75, 3.05) is 20.1 Å². The third-order valence-corrected chi connectivity index (χ3v) is 5.62. The van der Waals surface area contributed by atoms with Gasteiger partial charge >= 0.3 is 6.61 Å². The molecule has 0 fully saturated rings. The van der Waals surface area contributed by atoms with Crippen LogP contribution in [0.4, 0.5) is 8.78 Å². The average Bonchev–Trinajstić information content (AvgIpc) is 2.69.